The van der Waals surface area contributed by atoms with Crippen molar-refractivity contribution in [3.63, 3.8) is 0 Å². The molecule has 0 amide bonds. The van der Waals surface area contributed by atoms with Gasteiger partial charge in [0, 0.05) is 16.3 Å². The molecule has 0 saturated heterocycles. The number of halogens is 3. The standard InChI is InChI=1S/C12H12O2S.CHF3O3S/c1-15(2)11-7-6-9(13)8-4-3-5-10(14)12(8)11;2-1(3,4)8(5,6)7/h3-7H,1-2H3,(H-,13,14);(H,5,6,7). The van der Waals surface area contributed by atoms with E-state index in [1.54, 1.807) is 18.2 Å². The van der Waals surface area contributed by atoms with Gasteiger partial charge in [-0.15, -0.1) is 0 Å². The molecule has 2 aromatic rings. The van der Waals surface area contributed by atoms with Crippen molar-refractivity contribution in [3.05, 3.63) is 30.3 Å². The molecular weight excluding hydrogens is 357 g/mol. The van der Waals surface area contributed by atoms with E-state index in [1.807, 2.05) is 12.1 Å². The minimum atomic E-state index is -6.09. The predicted molar refractivity (Wildman–Crippen MR) is 80.5 cm³/mol. The van der Waals surface area contributed by atoms with E-state index < -0.39 is 15.6 Å². The molecule has 10 heteroatoms. The van der Waals surface area contributed by atoms with Crippen LogP contribution in [-0.4, -0.2) is 41.2 Å². The maximum absolute atomic E-state index is 10.7. The summed E-state index contributed by atoms with van der Waals surface area (Å²) < 4.78 is 58.9. The molecule has 2 N–H and O–H groups in total. The number of fused-ring (bicyclic) bond motifs is 1. The number of hydrogen-bond acceptors (Lipinski definition) is 5. The number of alkyl halides is 3. The summed E-state index contributed by atoms with van der Waals surface area (Å²) in [7, 11) is -6.03. The third-order valence-corrected chi connectivity index (χ3v) is 4.47. The van der Waals surface area contributed by atoms with Crippen molar-refractivity contribution in [1.29, 1.82) is 0 Å². The van der Waals surface area contributed by atoms with Crippen LogP contribution in [0, 0.1) is 0 Å². The Balaban J connectivity index is 0.000000284. The average molecular weight is 370 g/mol. The number of hydrogen-bond donors (Lipinski definition) is 2. The molecule has 0 aliphatic carbocycles. The summed E-state index contributed by atoms with van der Waals surface area (Å²) in [4.78, 5) is 1.08. The van der Waals surface area contributed by atoms with Gasteiger partial charge < -0.3 is 14.8 Å². The molecular formula is C13H13F3O5S2. The molecule has 0 aliphatic rings. The van der Waals surface area contributed by atoms with Gasteiger partial charge in [-0.3, -0.25) is 0 Å². The van der Waals surface area contributed by atoms with Gasteiger partial charge in [0.25, 0.3) is 0 Å². The maximum atomic E-state index is 10.7. The van der Waals surface area contributed by atoms with Gasteiger partial charge in [0.15, 0.2) is 15.0 Å². The van der Waals surface area contributed by atoms with Crippen LogP contribution < -0.4 is 0 Å². The lowest BCUT2D eigenvalue weighted by atomic mass is 10.1. The zero-order valence-corrected chi connectivity index (χ0v) is 13.6. The molecule has 5 nitrogen and oxygen atoms in total. The summed E-state index contributed by atoms with van der Waals surface area (Å²) in [5, 5.41) is 21.0. The van der Waals surface area contributed by atoms with E-state index in [9.17, 15) is 23.4 Å². The average Bonchev–Trinajstić information content (AvgIpc) is 2.38. The van der Waals surface area contributed by atoms with E-state index in [-0.39, 0.29) is 22.4 Å². The molecule has 0 fully saturated rings. The predicted octanol–water partition coefficient (Wildman–Crippen LogP) is 2.54. The number of phenols is 2. The smallest absolute Gasteiger partial charge is 0.485 e. The Morgan fingerprint density at radius 2 is 1.57 bits per heavy atom. The number of benzene rings is 2. The van der Waals surface area contributed by atoms with Crippen molar-refractivity contribution < 1.29 is 36.4 Å². The molecule has 0 heterocycles. The van der Waals surface area contributed by atoms with Gasteiger partial charge in [-0.2, -0.15) is 13.2 Å². The van der Waals surface area contributed by atoms with E-state index >= 15 is 0 Å². The fraction of sp³-hybridized carbons (Fsp3) is 0.231. The highest BCUT2D eigenvalue weighted by molar-refractivity contribution is 7.95. The number of aromatic hydroxyl groups is 2. The maximum Gasteiger partial charge on any atom is 0.485 e. The van der Waals surface area contributed by atoms with Crippen LogP contribution in [0.4, 0.5) is 13.2 Å². The Bertz CT molecular complexity index is 801. The first-order valence-electron chi connectivity index (χ1n) is 5.89. The number of phenolic OH excluding ortho intramolecular Hbond substituents is 2. The molecule has 0 atom stereocenters. The Morgan fingerprint density at radius 1 is 1.04 bits per heavy atom. The monoisotopic (exact) mass is 370 g/mol. The lowest BCUT2D eigenvalue weighted by molar-refractivity contribution is -0.0517. The third-order valence-electron chi connectivity index (χ3n) is 2.68. The Hall–Kier alpha value is -1.65. The van der Waals surface area contributed by atoms with E-state index in [4.69, 9.17) is 13.0 Å². The summed E-state index contributed by atoms with van der Waals surface area (Å²) in [6.07, 6.45) is 4.19. The molecule has 0 bridgehead atoms. The second-order valence-corrected chi connectivity index (χ2v) is 7.94. The quantitative estimate of drug-likeness (QED) is 0.457. The highest BCUT2D eigenvalue weighted by Gasteiger charge is 2.36. The first-order valence-corrected chi connectivity index (χ1v) is 9.34. The van der Waals surface area contributed by atoms with Gasteiger partial charge in [0.05, 0.1) is 5.39 Å². The van der Waals surface area contributed by atoms with Crippen LogP contribution in [0.5, 0.6) is 11.5 Å². The molecule has 0 aromatic heterocycles. The zero-order valence-electron chi connectivity index (χ0n) is 12.0. The number of rotatable bonds is 1. The van der Waals surface area contributed by atoms with Crippen molar-refractivity contribution in [1.82, 2.24) is 0 Å². The van der Waals surface area contributed by atoms with Crippen molar-refractivity contribution in [2.75, 3.05) is 12.5 Å². The van der Waals surface area contributed by atoms with Crippen molar-refractivity contribution >= 4 is 31.8 Å². The first kappa shape index (κ1) is 19.4. The Morgan fingerprint density at radius 3 is 2.00 bits per heavy atom. The zero-order chi connectivity index (χ0) is 18.0. The van der Waals surface area contributed by atoms with Gasteiger partial charge >= 0.3 is 5.51 Å². The normalized spacial score (nSPS) is 12.1. The highest BCUT2D eigenvalue weighted by atomic mass is 32.2. The minimum Gasteiger partial charge on any atom is -0.741 e. The van der Waals surface area contributed by atoms with Crippen molar-refractivity contribution in [2.45, 2.75) is 10.4 Å². The molecule has 128 valence electrons. The van der Waals surface area contributed by atoms with E-state index in [0.717, 1.165) is 10.3 Å². The summed E-state index contributed by atoms with van der Waals surface area (Å²) in [5.41, 5.74) is -5.65. The van der Waals surface area contributed by atoms with Gasteiger partial charge in [-0.1, -0.05) is 12.1 Å². The van der Waals surface area contributed by atoms with Crippen LogP contribution in [0.2, 0.25) is 0 Å². The molecule has 0 spiro atoms. The SMILES string of the molecule is C[S+](C)c1ccc(O)c2cccc(O)c12.O=S(=O)([O-])C(F)(F)F. The van der Waals surface area contributed by atoms with Gasteiger partial charge in [0.1, 0.15) is 24.0 Å². The molecule has 2 rings (SSSR count). The van der Waals surface area contributed by atoms with Crippen molar-refractivity contribution in [2.24, 2.45) is 0 Å². The molecule has 0 saturated carbocycles. The third kappa shape index (κ3) is 4.66. The topological polar surface area (TPSA) is 97.7 Å². The van der Waals surface area contributed by atoms with Gasteiger partial charge in [-0.05, 0) is 18.2 Å². The van der Waals surface area contributed by atoms with E-state index in [0.29, 0.717) is 5.39 Å². The molecule has 0 radical (unpaired) electrons. The summed E-state index contributed by atoms with van der Waals surface area (Å²) in [6, 6.07) is 8.77. The largest absolute Gasteiger partial charge is 0.741 e. The fourth-order valence-electron chi connectivity index (χ4n) is 1.68. The second kappa shape index (κ2) is 6.85. The van der Waals surface area contributed by atoms with E-state index in [1.165, 1.54) is 0 Å². The summed E-state index contributed by atoms with van der Waals surface area (Å²) in [5.74, 6) is 0.453. The highest BCUT2D eigenvalue weighted by Crippen LogP contribution is 2.35. The van der Waals surface area contributed by atoms with Gasteiger partial charge in [0.2, 0.25) is 0 Å². The van der Waals surface area contributed by atoms with Crippen molar-refractivity contribution in [3.8, 4) is 11.5 Å². The molecule has 23 heavy (non-hydrogen) atoms. The fourth-order valence-corrected chi connectivity index (χ4v) is 2.64. The first-order chi connectivity index (χ1) is 10.4. The van der Waals surface area contributed by atoms with Crippen LogP contribution in [0.25, 0.3) is 10.8 Å². The molecule has 0 unspecified atom stereocenters. The van der Waals surface area contributed by atoms with Crippen LogP contribution in [-0.2, 0) is 21.0 Å². The minimum absolute atomic E-state index is 0.0568. The lowest BCUT2D eigenvalue weighted by Gasteiger charge is -2.08. The van der Waals surface area contributed by atoms with Crippen LogP contribution in [0.1, 0.15) is 0 Å². The Kier molecular flexibility index (Phi) is 5.78. The summed E-state index contributed by atoms with van der Waals surface area (Å²) >= 11 is 0. The van der Waals surface area contributed by atoms with Crippen LogP contribution in [0.15, 0.2) is 35.2 Å². The summed E-state index contributed by atoms with van der Waals surface area (Å²) in [6.45, 7) is 0. The second-order valence-electron chi connectivity index (χ2n) is 4.50. The lowest BCUT2D eigenvalue weighted by Crippen LogP contribution is -2.21. The van der Waals surface area contributed by atoms with Gasteiger partial charge in [-0.25, -0.2) is 8.42 Å². The van der Waals surface area contributed by atoms with Crippen LogP contribution in [0.3, 0.4) is 0 Å². The molecule has 2 aromatic carbocycles. The molecule has 0 aliphatic heterocycles. The van der Waals surface area contributed by atoms with Crippen LogP contribution >= 0.6 is 0 Å². The Labute approximate surface area is 133 Å². The van der Waals surface area contributed by atoms with E-state index in [2.05, 4.69) is 12.5 Å².